The maximum atomic E-state index is 11.7. The molecule has 0 radical (unpaired) electrons. The second-order valence-corrected chi connectivity index (χ2v) is 7.81. The summed E-state index contributed by atoms with van der Waals surface area (Å²) in [7, 11) is 1.63. The number of aromatic amines is 1. The molecule has 0 saturated heterocycles. The minimum atomic E-state index is -0.973. The van der Waals surface area contributed by atoms with Crippen LogP contribution in [0.5, 0.6) is 5.75 Å². The molecule has 0 aliphatic carbocycles. The third-order valence-electron chi connectivity index (χ3n) is 5.26. The summed E-state index contributed by atoms with van der Waals surface area (Å²) in [6.45, 7) is 2.31. The first-order valence-corrected chi connectivity index (χ1v) is 9.88. The summed E-state index contributed by atoms with van der Waals surface area (Å²) in [4.78, 5) is 28.2. The number of hydrogen-bond acceptors (Lipinski definition) is 3. The Morgan fingerprint density at radius 1 is 1.31 bits per heavy atom. The van der Waals surface area contributed by atoms with Crippen LogP contribution in [0.2, 0.25) is 0 Å². The van der Waals surface area contributed by atoms with Crippen molar-refractivity contribution in [1.82, 2.24) is 9.88 Å². The van der Waals surface area contributed by atoms with Crippen molar-refractivity contribution in [3.05, 3.63) is 62.8 Å². The molecule has 1 aliphatic heterocycles. The molecule has 29 heavy (non-hydrogen) atoms. The van der Waals surface area contributed by atoms with E-state index in [2.05, 4.69) is 20.9 Å². The van der Waals surface area contributed by atoms with Crippen LogP contribution in [0, 0.1) is 6.92 Å². The monoisotopic (exact) mass is 454 g/mol. The van der Waals surface area contributed by atoms with E-state index in [9.17, 15) is 14.7 Å². The van der Waals surface area contributed by atoms with Crippen LogP contribution in [0.15, 0.2) is 34.8 Å². The molecule has 7 heteroatoms. The lowest BCUT2D eigenvalue weighted by Crippen LogP contribution is -2.28. The minimum Gasteiger partial charge on any atom is -0.497 e. The number of aryl methyl sites for hydroxylation is 1. The van der Waals surface area contributed by atoms with E-state index in [1.165, 1.54) is 0 Å². The number of aromatic carboxylic acids is 1. The second kappa shape index (κ2) is 7.40. The summed E-state index contributed by atoms with van der Waals surface area (Å²) in [6.07, 6.45) is 3.48. The zero-order valence-corrected chi connectivity index (χ0v) is 17.5. The quantitative estimate of drug-likeness (QED) is 0.570. The highest BCUT2D eigenvalue weighted by molar-refractivity contribution is 9.10. The van der Waals surface area contributed by atoms with Crippen LogP contribution in [0.1, 0.15) is 32.7 Å². The number of methoxy groups -OCH3 is 1. The first kappa shape index (κ1) is 19.3. The fraction of sp³-hybridized carbons (Fsp3) is 0.182. The van der Waals surface area contributed by atoms with Crippen molar-refractivity contribution in [3.63, 3.8) is 0 Å². The van der Waals surface area contributed by atoms with Gasteiger partial charge in [0.05, 0.1) is 18.4 Å². The molecule has 4 rings (SSSR count). The summed E-state index contributed by atoms with van der Waals surface area (Å²) in [5.74, 6) is -0.196. The molecule has 1 aliphatic rings. The maximum absolute atomic E-state index is 11.7. The number of rotatable bonds is 4. The van der Waals surface area contributed by atoms with Crippen LogP contribution < -0.4 is 4.74 Å². The number of nitrogens with zero attached hydrogens (tertiary/aromatic N) is 1. The summed E-state index contributed by atoms with van der Waals surface area (Å²) in [6, 6.07) is 9.51. The van der Waals surface area contributed by atoms with Crippen molar-refractivity contribution in [2.24, 2.45) is 0 Å². The number of hydrogen-bond donors (Lipinski definition) is 2. The van der Waals surface area contributed by atoms with Crippen molar-refractivity contribution in [2.75, 3.05) is 13.7 Å². The van der Waals surface area contributed by atoms with E-state index >= 15 is 0 Å². The average molecular weight is 455 g/mol. The third kappa shape index (κ3) is 3.31. The average Bonchev–Trinajstić information content (AvgIpc) is 3.02. The van der Waals surface area contributed by atoms with Crippen LogP contribution in [0.4, 0.5) is 0 Å². The lowest BCUT2D eigenvalue weighted by atomic mass is 9.95. The molecule has 0 spiro atoms. The highest BCUT2D eigenvalue weighted by Gasteiger charge is 2.22. The minimum absolute atomic E-state index is 0.258. The summed E-state index contributed by atoms with van der Waals surface area (Å²) in [5, 5.41) is 10.2. The van der Waals surface area contributed by atoms with Crippen molar-refractivity contribution >= 4 is 51.0 Å². The summed E-state index contributed by atoms with van der Waals surface area (Å²) >= 11 is 3.58. The van der Waals surface area contributed by atoms with E-state index in [-0.39, 0.29) is 5.56 Å². The number of carbonyl (C=O) groups is 2. The Bertz CT molecular complexity index is 1180. The Morgan fingerprint density at radius 2 is 2.10 bits per heavy atom. The number of carbonyl (C=O) groups excluding carboxylic acids is 1. The van der Waals surface area contributed by atoms with Gasteiger partial charge in [-0.2, -0.15) is 0 Å². The summed E-state index contributed by atoms with van der Waals surface area (Å²) in [5.41, 5.74) is 5.24. The fourth-order valence-corrected chi connectivity index (χ4v) is 4.30. The Morgan fingerprint density at radius 3 is 2.79 bits per heavy atom. The molecule has 3 aromatic rings. The van der Waals surface area contributed by atoms with Crippen LogP contribution in [-0.2, 0) is 11.2 Å². The zero-order chi connectivity index (χ0) is 20.7. The second-order valence-electron chi connectivity index (χ2n) is 6.95. The molecule has 6 nitrogen and oxygen atoms in total. The van der Waals surface area contributed by atoms with Gasteiger partial charge in [-0.05, 0) is 60.9 Å². The standard InChI is InChI=1S/C22H19BrN2O4/c1-12-21(22(27)28)17-8-14(18(23)10-19(17)24-12)9-20-16-4-3-15(29-2)7-13(16)5-6-25(20)11-26/h3-4,7-11,24H,5-6H2,1-2H3,(H,27,28)/b20-9-. The van der Waals surface area contributed by atoms with Gasteiger partial charge in [0, 0.05) is 33.2 Å². The van der Waals surface area contributed by atoms with Gasteiger partial charge in [-0.15, -0.1) is 0 Å². The molecular weight excluding hydrogens is 436 g/mol. The molecular formula is C22H19BrN2O4. The highest BCUT2D eigenvalue weighted by Crippen LogP contribution is 2.35. The molecule has 0 unspecified atom stereocenters. The van der Waals surface area contributed by atoms with Gasteiger partial charge in [0.1, 0.15) is 5.75 Å². The topological polar surface area (TPSA) is 82.6 Å². The normalized spacial score (nSPS) is 14.9. The smallest absolute Gasteiger partial charge is 0.338 e. The Hall–Kier alpha value is -3.06. The van der Waals surface area contributed by atoms with Crippen LogP contribution in [0.25, 0.3) is 22.7 Å². The summed E-state index contributed by atoms with van der Waals surface area (Å²) < 4.78 is 6.13. The predicted molar refractivity (Wildman–Crippen MR) is 115 cm³/mol. The van der Waals surface area contributed by atoms with E-state index in [4.69, 9.17) is 4.74 Å². The van der Waals surface area contributed by atoms with Crippen molar-refractivity contribution in [1.29, 1.82) is 0 Å². The van der Waals surface area contributed by atoms with E-state index in [0.29, 0.717) is 17.6 Å². The Kier molecular flexibility index (Phi) is 4.92. The van der Waals surface area contributed by atoms with Gasteiger partial charge >= 0.3 is 5.97 Å². The molecule has 0 atom stereocenters. The molecule has 1 amide bonds. The maximum Gasteiger partial charge on any atom is 0.338 e. The number of aromatic nitrogens is 1. The number of nitrogens with one attached hydrogen (secondary N) is 1. The van der Waals surface area contributed by atoms with Gasteiger partial charge in [-0.1, -0.05) is 15.9 Å². The van der Waals surface area contributed by atoms with E-state index in [0.717, 1.165) is 51.0 Å². The number of halogens is 1. The first-order chi connectivity index (χ1) is 13.9. The van der Waals surface area contributed by atoms with Crippen molar-refractivity contribution in [2.45, 2.75) is 13.3 Å². The van der Waals surface area contributed by atoms with Gasteiger partial charge in [-0.3, -0.25) is 4.79 Å². The number of fused-ring (bicyclic) bond motifs is 2. The molecule has 0 bridgehead atoms. The van der Waals surface area contributed by atoms with Crippen LogP contribution in [-0.4, -0.2) is 41.0 Å². The Balaban J connectivity index is 1.91. The first-order valence-electron chi connectivity index (χ1n) is 9.09. The van der Waals surface area contributed by atoms with Crippen molar-refractivity contribution in [3.8, 4) is 5.75 Å². The highest BCUT2D eigenvalue weighted by atomic mass is 79.9. The van der Waals surface area contributed by atoms with Crippen LogP contribution in [0.3, 0.4) is 0 Å². The zero-order valence-electron chi connectivity index (χ0n) is 16.0. The number of ether oxygens (including phenoxy) is 1. The number of amides is 1. The molecule has 148 valence electrons. The SMILES string of the molecule is COc1ccc2c(c1)CCN(C=O)/C2=C\c1cc2c(C(=O)O)c(C)[nH]c2cc1Br. The number of carboxylic acid groups (broad SMARTS) is 1. The number of benzene rings is 2. The Labute approximate surface area is 175 Å². The molecule has 1 aromatic heterocycles. The van der Waals surface area contributed by atoms with Gasteiger partial charge in [0.2, 0.25) is 6.41 Å². The van der Waals surface area contributed by atoms with Gasteiger partial charge < -0.3 is 19.7 Å². The molecule has 0 fully saturated rings. The lowest BCUT2D eigenvalue weighted by molar-refractivity contribution is -0.115. The van der Waals surface area contributed by atoms with Gasteiger partial charge in [0.25, 0.3) is 0 Å². The lowest BCUT2D eigenvalue weighted by Gasteiger charge is -2.29. The molecule has 0 saturated carbocycles. The fourth-order valence-electron chi connectivity index (χ4n) is 3.84. The third-order valence-corrected chi connectivity index (χ3v) is 5.94. The van der Waals surface area contributed by atoms with Gasteiger partial charge in [-0.25, -0.2) is 4.79 Å². The molecule has 2 N–H and O–H groups in total. The van der Waals surface area contributed by atoms with E-state index in [1.54, 1.807) is 18.9 Å². The van der Waals surface area contributed by atoms with Crippen molar-refractivity contribution < 1.29 is 19.4 Å². The van der Waals surface area contributed by atoms with Gasteiger partial charge in [0.15, 0.2) is 0 Å². The van der Waals surface area contributed by atoms with Crippen LogP contribution >= 0.6 is 15.9 Å². The predicted octanol–water partition coefficient (Wildman–Crippen LogP) is 4.46. The number of carboxylic acids is 1. The van der Waals surface area contributed by atoms with E-state index in [1.807, 2.05) is 36.4 Å². The number of H-pyrrole nitrogens is 1. The van der Waals surface area contributed by atoms with E-state index < -0.39 is 5.97 Å². The molecule has 2 heterocycles. The molecule has 2 aromatic carbocycles. The largest absolute Gasteiger partial charge is 0.497 e.